The Morgan fingerprint density at radius 2 is 2.29 bits per heavy atom. The molecule has 1 aliphatic heterocycles. The number of benzene rings is 1. The number of likely N-dealkylation sites (tertiary alicyclic amines) is 1. The van der Waals surface area contributed by atoms with Gasteiger partial charge in [-0.15, -0.1) is 0 Å². The molecule has 2 rings (SSSR count). The molecule has 17 heavy (non-hydrogen) atoms. The van der Waals surface area contributed by atoms with Crippen molar-refractivity contribution in [3.05, 3.63) is 29.6 Å². The SMILES string of the molecule is CC1CCN(Cc2cccc(N)c2F)C1CO. The van der Waals surface area contributed by atoms with Crippen molar-refractivity contribution < 1.29 is 9.50 Å². The van der Waals surface area contributed by atoms with Gasteiger partial charge in [-0.25, -0.2) is 4.39 Å². The molecule has 0 bridgehead atoms. The van der Waals surface area contributed by atoms with Gasteiger partial charge in [0.05, 0.1) is 12.3 Å². The summed E-state index contributed by atoms with van der Waals surface area (Å²) >= 11 is 0. The molecule has 0 radical (unpaired) electrons. The van der Waals surface area contributed by atoms with Crippen LogP contribution in [0.25, 0.3) is 0 Å². The van der Waals surface area contributed by atoms with Gasteiger partial charge in [-0.3, -0.25) is 4.90 Å². The summed E-state index contributed by atoms with van der Waals surface area (Å²) in [7, 11) is 0. The van der Waals surface area contributed by atoms with Crippen molar-refractivity contribution in [2.24, 2.45) is 5.92 Å². The van der Waals surface area contributed by atoms with Crippen molar-refractivity contribution in [1.82, 2.24) is 4.90 Å². The largest absolute Gasteiger partial charge is 0.396 e. The van der Waals surface area contributed by atoms with Gasteiger partial charge in [-0.1, -0.05) is 19.1 Å². The fourth-order valence-electron chi connectivity index (χ4n) is 2.52. The number of aliphatic hydroxyl groups excluding tert-OH is 1. The van der Waals surface area contributed by atoms with Crippen molar-refractivity contribution in [3.8, 4) is 0 Å². The lowest BCUT2D eigenvalue weighted by Gasteiger charge is -2.25. The molecule has 3 N–H and O–H groups in total. The highest BCUT2D eigenvalue weighted by molar-refractivity contribution is 5.42. The highest BCUT2D eigenvalue weighted by Crippen LogP contribution is 2.26. The lowest BCUT2D eigenvalue weighted by Crippen LogP contribution is -2.34. The Hall–Kier alpha value is -1.13. The number of anilines is 1. The molecule has 1 saturated heterocycles. The molecule has 3 nitrogen and oxygen atoms in total. The Balaban J connectivity index is 2.13. The third-order valence-electron chi connectivity index (χ3n) is 3.67. The first-order valence-electron chi connectivity index (χ1n) is 6.01. The molecule has 94 valence electrons. The minimum absolute atomic E-state index is 0.130. The van der Waals surface area contributed by atoms with Crippen LogP contribution in [0.4, 0.5) is 10.1 Å². The zero-order chi connectivity index (χ0) is 12.4. The normalized spacial score (nSPS) is 25.4. The summed E-state index contributed by atoms with van der Waals surface area (Å²) in [5, 5.41) is 9.35. The molecule has 1 aromatic rings. The van der Waals surface area contributed by atoms with E-state index >= 15 is 0 Å². The Bertz CT molecular complexity index is 397. The third kappa shape index (κ3) is 2.42. The predicted octanol–water partition coefficient (Wildman–Crippen LogP) is 1.61. The van der Waals surface area contributed by atoms with Crippen LogP contribution in [-0.2, 0) is 6.54 Å². The van der Waals surface area contributed by atoms with E-state index in [2.05, 4.69) is 11.8 Å². The minimum Gasteiger partial charge on any atom is -0.396 e. The first kappa shape index (κ1) is 12.3. The fourth-order valence-corrected chi connectivity index (χ4v) is 2.52. The average molecular weight is 238 g/mol. The number of rotatable bonds is 3. The number of nitrogens with two attached hydrogens (primary N) is 1. The van der Waals surface area contributed by atoms with Crippen LogP contribution < -0.4 is 5.73 Å². The molecule has 0 aliphatic carbocycles. The zero-order valence-corrected chi connectivity index (χ0v) is 10.1. The zero-order valence-electron chi connectivity index (χ0n) is 10.1. The summed E-state index contributed by atoms with van der Waals surface area (Å²) in [5.74, 6) is 0.132. The molecule has 2 unspecified atom stereocenters. The Kier molecular flexibility index (Phi) is 3.64. The monoisotopic (exact) mass is 238 g/mol. The lowest BCUT2D eigenvalue weighted by molar-refractivity contribution is 0.133. The molecular weight excluding hydrogens is 219 g/mol. The Morgan fingerprint density at radius 3 is 3.00 bits per heavy atom. The van der Waals surface area contributed by atoms with Gasteiger partial charge in [-0.2, -0.15) is 0 Å². The molecule has 1 heterocycles. The van der Waals surface area contributed by atoms with Gasteiger partial charge < -0.3 is 10.8 Å². The van der Waals surface area contributed by atoms with Crippen molar-refractivity contribution in [2.75, 3.05) is 18.9 Å². The predicted molar refractivity (Wildman–Crippen MR) is 65.9 cm³/mol. The van der Waals surface area contributed by atoms with Crippen LogP contribution in [0.2, 0.25) is 0 Å². The van der Waals surface area contributed by atoms with Crippen LogP contribution in [0.5, 0.6) is 0 Å². The van der Waals surface area contributed by atoms with Crippen molar-refractivity contribution in [1.29, 1.82) is 0 Å². The van der Waals surface area contributed by atoms with E-state index in [1.54, 1.807) is 18.2 Å². The average Bonchev–Trinajstić information content (AvgIpc) is 2.66. The van der Waals surface area contributed by atoms with Gasteiger partial charge in [0.25, 0.3) is 0 Å². The summed E-state index contributed by atoms with van der Waals surface area (Å²) in [4.78, 5) is 2.13. The first-order valence-corrected chi connectivity index (χ1v) is 6.01. The minimum atomic E-state index is -0.330. The number of hydrogen-bond donors (Lipinski definition) is 2. The van der Waals surface area contributed by atoms with Gasteiger partial charge in [0.15, 0.2) is 5.82 Å². The molecule has 1 fully saturated rings. The molecule has 0 saturated carbocycles. The van der Waals surface area contributed by atoms with E-state index in [4.69, 9.17) is 5.73 Å². The maximum atomic E-state index is 13.8. The summed E-state index contributed by atoms with van der Waals surface area (Å²) in [6, 6.07) is 5.22. The fraction of sp³-hybridized carbons (Fsp3) is 0.538. The molecule has 2 atom stereocenters. The second-order valence-electron chi connectivity index (χ2n) is 4.81. The van der Waals surface area contributed by atoms with Crippen LogP contribution in [0.3, 0.4) is 0 Å². The molecule has 1 aromatic carbocycles. The Morgan fingerprint density at radius 1 is 1.53 bits per heavy atom. The molecule has 4 heteroatoms. The maximum Gasteiger partial charge on any atom is 0.150 e. The van der Waals surface area contributed by atoms with Crippen molar-refractivity contribution in [3.63, 3.8) is 0 Å². The number of hydrogen-bond acceptors (Lipinski definition) is 3. The maximum absolute atomic E-state index is 13.8. The topological polar surface area (TPSA) is 49.5 Å². The summed E-state index contributed by atoms with van der Waals surface area (Å²) in [5.41, 5.74) is 6.35. The van der Waals surface area contributed by atoms with Crippen LogP contribution in [-0.4, -0.2) is 29.2 Å². The van der Waals surface area contributed by atoms with Crippen molar-refractivity contribution >= 4 is 5.69 Å². The van der Waals surface area contributed by atoms with E-state index in [9.17, 15) is 9.50 Å². The molecule has 0 aromatic heterocycles. The van der Waals surface area contributed by atoms with Crippen LogP contribution >= 0.6 is 0 Å². The number of aliphatic hydroxyl groups is 1. The molecular formula is C13H19FN2O. The lowest BCUT2D eigenvalue weighted by atomic mass is 10.0. The molecule has 1 aliphatic rings. The highest BCUT2D eigenvalue weighted by Gasteiger charge is 2.30. The molecule has 0 spiro atoms. The van der Waals surface area contributed by atoms with Gasteiger partial charge in [-0.05, 0) is 24.9 Å². The van der Waals surface area contributed by atoms with E-state index in [0.29, 0.717) is 18.0 Å². The summed E-state index contributed by atoms with van der Waals surface area (Å²) < 4.78 is 13.8. The number of nitrogens with zero attached hydrogens (tertiary/aromatic N) is 1. The van der Waals surface area contributed by atoms with Crippen LogP contribution in [0.1, 0.15) is 18.9 Å². The summed E-state index contributed by atoms with van der Waals surface area (Å²) in [6.07, 6.45) is 1.05. The van der Waals surface area contributed by atoms with Gasteiger partial charge in [0.1, 0.15) is 0 Å². The van der Waals surface area contributed by atoms with E-state index < -0.39 is 0 Å². The van der Waals surface area contributed by atoms with E-state index in [0.717, 1.165) is 13.0 Å². The second-order valence-corrected chi connectivity index (χ2v) is 4.81. The third-order valence-corrected chi connectivity index (χ3v) is 3.67. The first-order chi connectivity index (χ1) is 8.13. The second kappa shape index (κ2) is 5.02. The standard InChI is InChI=1S/C13H19FN2O/c1-9-5-6-16(12(9)8-17)7-10-3-2-4-11(15)13(10)14/h2-4,9,12,17H,5-8,15H2,1H3. The van der Waals surface area contributed by atoms with E-state index in [1.807, 2.05) is 0 Å². The quantitative estimate of drug-likeness (QED) is 0.787. The van der Waals surface area contributed by atoms with E-state index in [1.165, 1.54) is 0 Å². The van der Waals surface area contributed by atoms with Gasteiger partial charge >= 0.3 is 0 Å². The van der Waals surface area contributed by atoms with Gasteiger partial charge in [0, 0.05) is 18.2 Å². The number of halogens is 1. The van der Waals surface area contributed by atoms with Crippen LogP contribution in [0.15, 0.2) is 18.2 Å². The molecule has 0 amide bonds. The highest BCUT2D eigenvalue weighted by atomic mass is 19.1. The number of nitrogen functional groups attached to an aromatic ring is 1. The van der Waals surface area contributed by atoms with Gasteiger partial charge in [0.2, 0.25) is 0 Å². The van der Waals surface area contributed by atoms with Crippen LogP contribution in [0, 0.1) is 11.7 Å². The summed E-state index contributed by atoms with van der Waals surface area (Å²) in [6.45, 7) is 3.68. The van der Waals surface area contributed by atoms with E-state index in [-0.39, 0.29) is 24.2 Å². The smallest absolute Gasteiger partial charge is 0.150 e. The van der Waals surface area contributed by atoms with Crippen molar-refractivity contribution in [2.45, 2.75) is 25.9 Å². The Labute approximate surface area is 101 Å².